The maximum Gasteiger partial charge on any atom is 0.0705 e. The maximum atomic E-state index is 5.46. The molecule has 0 amide bonds. The normalized spacial score (nSPS) is 19.4. The largest absolute Gasteiger partial charge is 0.379 e. The molecule has 2 aliphatic heterocycles. The fourth-order valence-electron chi connectivity index (χ4n) is 3.78. The number of nitrogens with zero attached hydrogens (tertiary/aromatic N) is 3. The molecule has 25 heavy (non-hydrogen) atoms. The first kappa shape index (κ1) is 16.7. The van der Waals surface area contributed by atoms with E-state index >= 15 is 0 Å². The molecule has 2 aromatic rings. The van der Waals surface area contributed by atoms with Gasteiger partial charge in [-0.05, 0) is 43.1 Å². The van der Waals surface area contributed by atoms with E-state index in [9.17, 15) is 0 Å². The zero-order chi connectivity index (χ0) is 16.9. The second kappa shape index (κ2) is 8.09. The lowest BCUT2D eigenvalue weighted by Gasteiger charge is -2.27. The fourth-order valence-corrected chi connectivity index (χ4v) is 3.78. The van der Waals surface area contributed by atoms with Gasteiger partial charge in [-0.15, -0.1) is 0 Å². The van der Waals surface area contributed by atoms with Crippen molar-refractivity contribution in [3.8, 4) is 11.3 Å². The van der Waals surface area contributed by atoms with E-state index in [0.717, 1.165) is 45.1 Å². The summed E-state index contributed by atoms with van der Waals surface area (Å²) < 4.78 is 5.46. The fraction of sp³-hybridized carbons (Fsp3) is 0.476. The second-order valence-corrected chi connectivity index (χ2v) is 7.08. The lowest BCUT2D eigenvalue weighted by atomic mass is 10.0. The van der Waals surface area contributed by atoms with Crippen molar-refractivity contribution in [1.82, 2.24) is 14.8 Å². The number of likely N-dealkylation sites (tertiary alicyclic amines) is 1. The standard InChI is InChI=1S/C21H27N3O/c1-2-6-20(19(5-1)17-24-11-13-25-14-12-24)21-8-7-18(15-22-21)16-23-9-3-4-10-23/h1-2,5-8,15H,3-4,9-14,16-17H2. The summed E-state index contributed by atoms with van der Waals surface area (Å²) in [5.74, 6) is 0. The van der Waals surface area contributed by atoms with Gasteiger partial charge in [0, 0.05) is 37.9 Å². The molecule has 4 heteroatoms. The van der Waals surface area contributed by atoms with Crippen LogP contribution in [0.4, 0.5) is 0 Å². The molecule has 0 atom stereocenters. The Morgan fingerprint density at radius 2 is 1.60 bits per heavy atom. The Bertz CT molecular complexity index is 674. The Balaban J connectivity index is 1.48. The van der Waals surface area contributed by atoms with Gasteiger partial charge in [-0.2, -0.15) is 0 Å². The number of aromatic nitrogens is 1. The van der Waals surface area contributed by atoms with Crippen molar-refractivity contribution in [2.45, 2.75) is 25.9 Å². The summed E-state index contributed by atoms with van der Waals surface area (Å²) in [6, 6.07) is 13.1. The van der Waals surface area contributed by atoms with E-state index in [1.54, 1.807) is 0 Å². The molecule has 4 nitrogen and oxygen atoms in total. The molecule has 4 rings (SSSR count). The van der Waals surface area contributed by atoms with Gasteiger partial charge in [0.25, 0.3) is 0 Å². The summed E-state index contributed by atoms with van der Waals surface area (Å²) in [5.41, 5.74) is 5.00. The highest BCUT2D eigenvalue weighted by Gasteiger charge is 2.15. The predicted molar refractivity (Wildman–Crippen MR) is 100 cm³/mol. The molecule has 0 saturated carbocycles. The van der Waals surface area contributed by atoms with Crippen molar-refractivity contribution in [2.75, 3.05) is 39.4 Å². The molecule has 2 fully saturated rings. The summed E-state index contributed by atoms with van der Waals surface area (Å²) in [6.45, 7) is 8.15. The van der Waals surface area contributed by atoms with Crippen LogP contribution in [0.15, 0.2) is 42.6 Å². The van der Waals surface area contributed by atoms with Crippen LogP contribution < -0.4 is 0 Å². The van der Waals surface area contributed by atoms with Crippen LogP contribution in [0.3, 0.4) is 0 Å². The van der Waals surface area contributed by atoms with Crippen molar-refractivity contribution >= 4 is 0 Å². The monoisotopic (exact) mass is 337 g/mol. The third-order valence-corrected chi connectivity index (χ3v) is 5.22. The van der Waals surface area contributed by atoms with Crippen molar-refractivity contribution in [3.05, 3.63) is 53.7 Å². The predicted octanol–water partition coefficient (Wildman–Crippen LogP) is 3.18. The minimum absolute atomic E-state index is 0.839. The first-order valence-electron chi connectivity index (χ1n) is 9.44. The highest BCUT2D eigenvalue weighted by atomic mass is 16.5. The van der Waals surface area contributed by atoms with Gasteiger partial charge in [-0.1, -0.05) is 30.3 Å². The molecule has 0 N–H and O–H groups in total. The molecule has 0 bridgehead atoms. The van der Waals surface area contributed by atoms with E-state index in [0.29, 0.717) is 0 Å². The number of hydrogen-bond donors (Lipinski definition) is 0. The van der Waals surface area contributed by atoms with Gasteiger partial charge in [-0.3, -0.25) is 14.8 Å². The molecule has 2 aliphatic rings. The number of pyridine rings is 1. The lowest BCUT2D eigenvalue weighted by molar-refractivity contribution is 0.0342. The van der Waals surface area contributed by atoms with Gasteiger partial charge in [-0.25, -0.2) is 0 Å². The van der Waals surface area contributed by atoms with Crippen LogP contribution >= 0.6 is 0 Å². The Hall–Kier alpha value is -1.75. The zero-order valence-corrected chi connectivity index (χ0v) is 14.9. The molecule has 1 aromatic heterocycles. The Kier molecular flexibility index (Phi) is 5.40. The average Bonchev–Trinajstić information content (AvgIpc) is 3.17. The second-order valence-electron chi connectivity index (χ2n) is 7.08. The highest BCUT2D eigenvalue weighted by molar-refractivity contribution is 5.63. The number of rotatable bonds is 5. The molecule has 0 radical (unpaired) electrons. The molecule has 3 heterocycles. The van der Waals surface area contributed by atoms with Crippen molar-refractivity contribution in [3.63, 3.8) is 0 Å². The highest BCUT2D eigenvalue weighted by Crippen LogP contribution is 2.24. The van der Waals surface area contributed by atoms with Crippen LogP contribution in [0, 0.1) is 0 Å². The molecule has 1 aromatic carbocycles. The molecule has 132 valence electrons. The average molecular weight is 337 g/mol. The van der Waals surface area contributed by atoms with E-state index < -0.39 is 0 Å². The maximum absolute atomic E-state index is 5.46. The van der Waals surface area contributed by atoms with E-state index in [4.69, 9.17) is 9.72 Å². The topological polar surface area (TPSA) is 28.6 Å². The minimum Gasteiger partial charge on any atom is -0.379 e. The van der Waals surface area contributed by atoms with Crippen LogP contribution in [-0.4, -0.2) is 54.2 Å². The van der Waals surface area contributed by atoms with Crippen LogP contribution in [0.25, 0.3) is 11.3 Å². The van der Waals surface area contributed by atoms with E-state index in [-0.39, 0.29) is 0 Å². The summed E-state index contributed by atoms with van der Waals surface area (Å²) in [5, 5.41) is 0. The third-order valence-electron chi connectivity index (χ3n) is 5.22. The van der Waals surface area contributed by atoms with Crippen molar-refractivity contribution in [1.29, 1.82) is 0 Å². The zero-order valence-electron chi connectivity index (χ0n) is 14.9. The van der Waals surface area contributed by atoms with Crippen LogP contribution in [0.2, 0.25) is 0 Å². The Morgan fingerprint density at radius 3 is 2.36 bits per heavy atom. The Labute approximate surface area is 150 Å². The quantitative estimate of drug-likeness (QED) is 0.838. The van der Waals surface area contributed by atoms with Gasteiger partial charge < -0.3 is 4.74 Å². The molecule has 0 unspecified atom stereocenters. The van der Waals surface area contributed by atoms with E-state index in [1.807, 2.05) is 0 Å². The van der Waals surface area contributed by atoms with E-state index in [1.165, 1.54) is 42.6 Å². The molecule has 0 aliphatic carbocycles. The van der Waals surface area contributed by atoms with Crippen molar-refractivity contribution < 1.29 is 4.74 Å². The van der Waals surface area contributed by atoms with Crippen LogP contribution in [0.1, 0.15) is 24.0 Å². The molecule has 0 spiro atoms. The number of hydrogen-bond acceptors (Lipinski definition) is 4. The number of morpholine rings is 1. The number of benzene rings is 1. The van der Waals surface area contributed by atoms with Gasteiger partial charge in [0.2, 0.25) is 0 Å². The SMILES string of the molecule is c1ccc(-c2ccc(CN3CCCC3)cn2)c(CN2CCOCC2)c1. The summed E-state index contributed by atoms with van der Waals surface area (Å²) in [4.78, 5) is 9.75. The van der Waals surface area contributed by atoms with Gasteiger partial charge >= 0.3 is 0 Å². The first-order chi connectivity index (χ1) is 12.4. The summed E-state index contributed by atoms with van der Waals surface area (Å²) >= 11 is 0. The van der Waals surface area contributed by atoms with Crippen LogP contribution in [-0.2, 0) is 17.8 Å². The summed E-state index contributed by atoms with van der Waals surface area (Å²) in [7, 11) is 0. The molecule has 2 saturated heterocycles. The minimum atomic E-state index is 0.839. The van der Waals surface area contributed by atoms with Gasteiger partial charge in [0.15, 0.2) is 0 Å². The van der Waals surface area contributed by atoms with Gasteiger partial charge in [0.1, 0.15) is 0 Å². The van der Waals surface area contributed by atoms with Gasteiger partial charge in [0.05, 0.1) is 18.9 Å². The smallest absolute Gasteiger partial charge is 0.0705 e. The number of ether oxygens (including phenoxy) is 1. The molecular weight excluding hydrogens is 310 g/mol. The molecular formula is C21H27N3O. The summed E-state index contributed by atoms with van der Waals surface area (Å²) in [6.07, 6.45) is 4.72. The first-order valence-corrected chi connectivity index (χ1v) is 9.44. The lowest BCUT2D eigenvalue weighted by Crippen LogP contribution is -2.35. The third kappa shape index (κ3) is 4.27. The van der Waals surface area contributed by atoms with Crippen molar-refractivity contribution in [2.24, 2.45) is 0 Å². The van der Waals surface area contributed by atoms with Crippen LogP contribution in [0.5, 0.6) is 0 Å². The Morgan fingerprint density at radius 1 is 0.840 bits per heavy atom. The van der Waals surface area contributed by atoms with E-state index in [2.05, 4.69) is 52.4 Å².